The summed E-state index contributed by atoms with van der Waals surface area (Å²) in [4.78, 5) is 6.18. The van der Waals surface area contributed by atoms with Gasteiger partial charge in [-0.1, -0.05) is 0 Å². The first-order chi connectivity index (χ1) is 12.3. The number of nitrogens with one attached hydrogen (secondary N) is 1. The van der Waals surface area contributed by atoms with Crippen LogP contribution in [0.5, 0.6) is 5.75 Å². The Balaban J connectivity index is 1.76. The molecule has 9 heteroatoms. The first-order valence-corrected chi connectivity index (χ1v) is 8.44. The summed E-state index contributed by atoms with van der Waals surface area (Å²) in [6.07, 6.45) is -1.11. The summed E-state index contributed by atoms with van der Waals surface area (Å²) in [6, 6.07) is 2.91. The number of rotatable bonds is 2. The largest absolute Gasteiger partial charge is 0.507 e. The van der Waals surface area contributed by atoms with E-state index in [1.165, 1.54) is 6.20 Å². The molecule has 6 N–H and O–H groups in total. The zero-order chi connectivity index (χ0) is 18.9. The van der Waals surface area contributed by atoms with Gasteiger partial charge in [0.15, 0.2) is 5.96 Å². The van der Waals surface area contributed by atoms with E-state index in [4.69, 9.17) is 11.5 Å². The third-order valence-corrected chi connectivity index (χ3v) is 5.00. The Bertz CT molecular complexity index is 732. The summed E-state index contributed by atoms with van der Waals surface area (Å²) >= 11 is 0. The lowest BCUT2D eigenvalue weighted by molar-refractivity contribution is -0.137. The fourth-order valence-corrected chi connectivity index (χ4v) is 3.58. The van der Waals surface area contributed by atoms with Gasteiger partial charge in [-0.05, 0) is 43.5 Å². The maximum atomic E-state index is 12.7. The van der Waals surface area contributed by atoms with Crippen LogP contribution in [-0.2, 0) is 6.18 Å². The van der Waals surface area contributed by atoms with Crippen molar-refractivity contribution < 1.29 is 18.3 Å². The van der Waals surface area contributed by atoms with Gasteiger partial charge in [-0.15, -0.1) is 0 Å². The number of guanidine groups is 1. The maximum Gasteiger partial charge on any atom is 0.416 e. The molecule has 2 saturated heterocycles. The number of benzene rings is 1. The van der Waals surface area contributed by atoms with Crippen molar-refractivity contribution >= 4 is 11.7 Å². The second-order valence-electron chi connectivity index (χ2n) is 6.60. The van der Waals surface area contributed by atoms with Crippen molar-refractivity contribution in [1.29, 1.82) is 0 Å². The minimum Gasteiger partial charge on any atom is -0.507 e. The molecule has 2 atom stereocenters. The minimum absolute atomic E-state index is 0.0386. The van der Waals surface area contributed by atoms with Crippen LogP contribution in [0.25, 0.3) is 5.70 Å². The van der Waals surface area contributed by atoms with E-state index in [2.05, 4.69) is 10.3 Å². The highest BCUT2D eigenvalue weighted by Crippen LogP contribution is 2.34. The van der Waals surface area contributed by atoms with Crippen LogP contribution in [0.1, 0.15) is 24.0 Å². The molecule has 26 heavy (non-hydrogen) atoms. The van der Waals surface area contributed by atoms with Gasteiger partial charge in [0.2, 0.25) is 0 Å². The molecule has 2 aliphatic heterocycles. The van der Waals surface area contributed by atoms with Gasteiger partial charge < -0.3 is 26.8 Å². The first-order valence-electron chi connectivity index (χ1n) is 8.44. The van der Waals surface area contributed by atoms with Crippen molar-refractivity contribution in [2.45, 2.75) is 25.1 Å². The van der Waals surface area contributed by atoms with Crippen LogP contribution in [0.15, 0.2) is 29.4 Å². The van der Waals surface area contributed by atoms with Gasteiger partial charge in [0.05, 0.1) is 17.5 Å². The highest BCUT2D eigenvalue weighted by atomic mass is 19.4. The first kappa shape index (κ1) is 18.4. The molecule has 0 spiro atoms. The number of aliphatic imine (C=N–C) groups is 1. The van der Waals surface area contributed by atoms with Crippen LogP contribution in [0.3, 0.4) is 0 Å². The molecule has 2 fully saturated rings. The molecule has 3 rings (SSSR count). The van der Waals surface area contributed by atoms with Gasteiger partial charge in [-0.2, -0.15) is 13.2 Å². The minimum atomic E-state index is -4.53. The number of piperidine rings is 1. The number of halogens is 3. The lowest BCUT2D eigenvalue weighted by Crippen LogP contribution is -2.50. The Morgan fingerprint density at radius 3 is 2.77 bits per heavy atom. The molecule has 2 unspecified atom stereocenters. The molecule has 142 valence electrons. The van der Waals surface area contributed by atoms with Gasteiger partial charge in [-0.25, -0.2) is 4.99 Å². The summed E-state index contributed by atoms with van der Waals surface area (Å²) in [5, 5.41) is 13.2. The number of hydrogen-bond donors (Lipinski definition) is 4. The van der Waals surface area contributed by atoms with E-state index in [9.17, 15) is 18.3 Å². The number of hydrogen-bond acceptors (Lipinski definition) is 4. The van der Waals surface area contributed by atoms with Crippen molar-refractivity contribution in [1.82, 2.24) is 10.2 Å². The number of phenols is 1. The van der Waals surface area contributed by atoms with Crippen LogP contribution >= 0.6 is 0 Å². The molecule has 0 aliphatic carbocycles. The second kappa shape index (κ2) is 7.06. The Labute approximate surface area is 149 Å². The number of fused-ring (bicyclic) bond motifs is 1. The molecular formula is C17H22F3N5O. The van der Waals surface area contributed by atoms with Gasteiger partial charge in [-0.3, -0.25) is 0 Å². The van der Waals surface area contributed by atoms with E-state index in [-0.39, 0.29) is 11.3 Å². The number of aromatic hydroxyl groups is 1. The summed E-state index contributed by atoms with van der Waals surface area (Å²) in [7, 11) is 0. The van der Waals surface area contributed by atoms with Crippen molar-refractivity contribution in [3.8, 4) is 5.75 Å². The average molecular weight is 369 g/mol. The standard InChI is InChI=1S/C17H22F3N5O/c18-17(19,20)11-1-2-12(15(26)7-11)13(21)8-24-16(22)25-6-4-10-3-5-23-9-14(10)25/h1-2,7-8,10,14,23,26H,3-6,9,21H2,(H2,22,24)/b13-8-. The van der Waals surface area contributed by atoms with E-state index in [1.807, 2.05) is 4.90 Å². The maximum absolute atomic E-state index is 12.7. The average Bonchev–Trinajstić information content (AvgIpc) is 3.02. The Kier molecular flexibility index (Phi) is 4.99. The van der Waals surface area contributed by atoms with Crippen LogP contribution < -0.4 is 16.8 Å². The summed E-state index contributed by atoms with van der Waals surface area (Å²) in [5.41, 5.74) is 11.1. The number of likely N-dealkylation sites (tertiary alicyclic amines) is 1. The molecule has 1 aromatic carbocycles. The second-order valence-corrected chi connectivity index (χ2v) is 6.60. The SMILES string of the molecule is NC(=N/C=C(\N)c1ccc(C(F)(F)F)cc1O)N1CCC2CCNCC21. The molecule has 2 aliphatic rings. The normalized spacial score (nSPS) is 24.7. The summed E-state index contributed by atoms with van der Waals surface area (Å²) in [5.74, 6) is 0.348. The van der Waals surface area contributed by atoms with Crippen molar-refractivity contribution in [2.75, 3.05) is 19.6 Å². The predicted molar refractivity (Wildman–Crippen MR) is 93.0 cm³/mol. The lowest BCUT2D eigenvalue weighted by Gasteiger charge is -2.32. The van der Waals surface area contributed by atoms with E-state index < -0.39 is 17.5 Å². The summed E-state index contributed by atoms with van der Waals surface area (Å²) in [6.45, 7) is 2.66. The van der Waals surface area contributed by atoms with Crippen LogP contribution in [0.4, 0.5) is 13.2 Å². The fourth-order valence-electron chi connectivity index (χ4n) is 3.58. The molecule has 0 bridgehead atoms. The molecule has 1 aromatic rings. The van der Waals surface area contributed by atoms with E-state index in [0.717, 1.165) is 44.6 Å². The van der Waals surface area contributed by atoms with E-state index in [1.54, 1.807) is 0 Å². The highest BCUT2D eigenvalue weighted by Gasteiger charge is 2.36. The fraction of sp³-hybridized carbons (Fsp3) is 0.471. The van der Waals surface area contributed by atoms with Crippen molar-refractivity contribution in [2.24, 2.45) is 22.4 Å². The third-order valence-electron chi connectivity index (χ3n) is 5.00. The van der Waals surface area contributed by atoms with Crippen LogP contribution in [0.2, 0.25) is 0 Å². The number of nitrogens with zero attached hydrogens (tertiary/aromatic N) is 2. The molecular weight excluding hydrogens is 347 g/mol. The van der Waals surface area contributed by atoms with Gasteiger partial charge in [0.25, 0.3) is 0 Å². The zero-order valence-electron chi connectivity index (χ0n) is 14.1. The molecule has 2 heterocycles. The smallest absolute Gasteiger partial charge is 0.416 e. The zero-order valence-corrected chi connectivity index (χ0v) is 14.1. The molecule has 0 amide bonds. The third kappa shape index (κ3) is 3.72. The van der Waals surface area contributed by atoms with E-state index >= 15 is 0 Å². The lowest BCUT2D eigenvalue weighted by atomic mass is 9.93. The van der Waals surface area contributed by atoms with Gasteiger partial charge >= 0.3 is 6.18 Å². The topological polar surface area (TPSA) is 99.9 Å². The molecule has 0 aromatic heterocycles. The van der Waals surface area contributed by atoms with E-state index in [0.29, 0.717) is 24.0 Å². The number of alkyl halides is 3. The Hall–Kier alpha value is -2.42. The monoisotopic (exact) mass is 369 g/mol. The van der Waals surface area contributed by atoms with Crippen LogP contribution in [-0.4, -0.2) is 41.6 Å². The van der Waals surface area contributed by atoms with Gasteiger partial charge in [0.1, 0.15) is 5.75 Å². The quantitative estimate of drug-likeness (QED) is 0.469. The molecule has 0 radical (unpaired) electrons. The molecule has 0 saturated carbocycles. The highest BCUT2D eigenvalue weighted by molar-refractivity contribution is 5.81. The predicted octanol–water partition coefficient (Wildman–Crippen LogP) is 1.67. The van der Waals surface area contributed by atoms with Crippen molar-refractivity contribution in [3.05, 3.63) is 35.5 Å². The van der Waals surface area contributed by atoms with Crippen molar-refractivity contribution in [3.63, 3.8) is 0 Å². The number of phenolic OH excluding ortho intramolecular Hbond substituents is 1. The van der Waals surface area contributed by atoms with Gasteiger partial charge in [0, 0.05) is 24.7 Å². The number of nitrogens with two attached hydrogens (primary N) is 2. The Morgan fingerprint density at radius 1 is 1.31 bits per heavy atom. The molecule has 6 nitrogen and oxygen atoms in total. The summed E-state index contributed by atoms with van der Waals surface area (Å²) < 4.78 is 38.0. The Morgan fingerprint density at radius 2 is 2.08 bits per heavy atom. The van der Waals surface area contributed by atoms with Crippen LogP contribution in [0, 0.1) is 5.92 Å².